The van der Waals surface area contributed by atoms with Crippen LogP contribution in [0.1, 0.15) is 36.5 Å². The van der Waals surface area contributed by atoms with Gasteiger partial charge in [-0.3, -0.25) is 0 Å². The number of phenolic OH excluding ortho intramolecular Hbond substituents is 1. The molecule has 0 aromatic heterocycles. The summed E-state index contributed by atoms with van der Waals surface area (Å²) >= 11 is 0. The van der Waals surface area contributed by atoms with Crippen LogP contribution < -0.4 is 0 Å². The molecule has 1 aromatic carbocycles. The Hall–Kier alpha value is -1.84. The summed E-state index contributed by atoms with van der Waals surface area (Å²) < 4.78 is 11.0. The molecule has 0 bridgehead atoms. The number of hydrogen-bond acceptors (Lipinski definition) is 3. The first-order valence-electron chi connectivity index (χ1n) is 8.38. The fourth-order valence-electron chi connectivity index (χ4n) is 3.13. The predicted molar refractivity (Wildman–Crippen MR) is 99.3 cm³/mol. The maximum atomic E-state index is 9.87. The molecule has 0 spiro atoms. The lowest BCUT2D eigenvalue weighted by atomic mass is 9.97. The summed E-state index contributed by atoms with van der Waals surface area (Å²) in [5.41, 5.74) is 6.44. The molecule has 3 heteroatoms. The van der Waals surface area contributed by atoms with Gasteiger partial charge in [-0.2, -0.15) is 0 Å². The molecule has 0 saturated carbocycles. The number of aromatic hydroxyl groups is 1. The monoisotopic (exact) mass is 328 g/mol. The summed E-state index contributed by atoms with van der Waals surface area (Å²) in [5, 5.41) is 9.87. The molecule has 2 rings (SSSR count). The fraction of sp³-hybridized carbons (Fsp3) is 0.429. The highest BCUT2D eigenvalue weighted by atomic mass is 16.5. The van der Waals surface area contributed by atoms with Gasteiger partial charge in [0.25, 0.3) is 0 Å². The molecular weight excluding hydrogens is 300 g/mol. The van der Waals surface area contributed by atoms with E-state index in [1.807, 2.05) is 26.0 Å². The standard InChI is InChI=1S/C21H28O3/c1-14(10-18-11-15(2)21(22)16(3)12-18)6-7-20-19(8-9-24-20)17(4)13-23-5/h8,10-12,20,22H,4,6-7,9,13H2,1-3,5H3/b14-10+. The third-order valence-corrected chi connectivity index (χ3v) is 4.40. The zero-order valence-corrected chi connectivity index (χ0v) is 15.2. The van der Waals surface area contributed by atoms with Crippen LogP contribution >= 0.6 is 0 Å². The normalized spacial score (nSPS) is 17.9. The minimum absolute atomic E-state index is 0.110. The minimum Gasteiger partial charge on any atom is -0.507 e. The van der Waals surface area contributed by atoms with Gasteiger partial charge in [-0.15, -0.1) is 0 Å². The molecule has 1 atom stereocenters. The highest BCUT2D eigenvalue weighted by Crippen LogP contribution is 2.28. The first-order chi connectivity index (χ1) is 11.4. The topological polar surface area (TPSA) is 38.7 Å². The second-order valence-electron chi connectivity index (χ2n) is 6.55. The number of aryl methyl sites for hydroxylation is 2. The molecule has 0 fully saturated rings. The van der Waals surface area contributed by atoms with Crippen molar-refractivity contribution in [2.45, 2.75) is 39.7 Å². The Kier molecular flexibility index (Phi) is 6.41. The van der Waals surface area contributed by atoms with E-state index in [0.717, 1.165) is 35.1 Å². The van der Waals surface area contributed by atoms with Crippen molar-refractivity contribution in [2.24, 2.45) is 0 Å². The first-order valence-corrected chi connectivity index (χ1v) is 8.38. The number of allylic oxidation sites excluding steroid dienone is 1. The van der Waals surface area contributed by atoms with Crippen molar-refractivity contribution in [1.29, 1.82) is 0 Å². The SMILES string of the molecule is C=C(COC)C1=CCOC1CC/C(C)=C/c1cc(C)c(O)c(C)c1. The van der Waals surface area contributed by atoms with Crippen molar-refractivity contribution < 1.29 is 14.6 Å². The van der Waals surface area contributed by atoms with E-state index < -0.39 is 0 Å². The summed E-state index contributed by atoms with van der Waals surface area (Å²) in [6.45, 7) is 11.3. The number of hydrogen-bond donors (Lipinski definition) is 1. The Balaban J connectivity index is 1.99. The molecule has 0 radical (unpaired) electrons. The zero-order chi connectivity index (χ0) is 17.7. The van der Waals surface area contributed by atoms with Gasteiger partial charge in [0.1, 0.15) is 5.75 Å². The largest absolute Gasteiger partial charge is 0.507 e. The molecule has 130 valence electrons. The van der Waals surface area contributed by atoms with Crippen molar-refractivity contribution >= 4 is 6.08 Å². The van der Waals surface area contributed by atoms with Crippen molar-refractivity contribution in [2.75, 3.05) is 20.3 Å². The molecule has 1 unspecified atom stereocenters. The van der Waals surface area contributed by atoms with E-state index in [1.165, 1.54) is 11.1 Å². The molecule has 1 aromatic rings. The third kappa shape index (κ3) is 4.59. The van der Waals surface area contributed by atoms with Gasteiger partial charge in [-0.1, -0.05) is 24.3 Å². The number of benzene rings is 1. The van der Waals surface area contributed by atoms with E-state index in [4.69, 9.17) is 9.47 Å². The summed E-state index contributed by atoms with van der Waals surface area (Å²) in [6, 6.07) is 4.04. The Morgan fingerprint density at radius 3 is 2.67 bits per heavy atom. The lowest BCUT2D eigenvalue weighted by Gasteiger charge is -2.16. The van der Waals surface area contributed by atoms with Gasteiger partial charge in [0.05, 0.1) is 19.3 Å². The second-order valence-corrected chi connectivity index (χ2v) is 6.55. The van der Waals surface area contributed by atoms with Gasteiger partial charge in [0.2, 0.25) is 0 Å². The van der Waals surface area contributed by atoms with Crippen LogP contribution in [0.4, 0.5) is 0 Å². The van der Waals surface area contributed by atoms with Crippen LogP contribution in [0.3, 0.4) is 0 Å². The summed E-state index contributed by atoms with van der Waals surface area (Å²) in [6.07, 6.45) is 6.30. The summed E-state index contributed by atoms with van der Waals surface area (Å²) in [5.74, 6) is 0.385. The van der Waals surface area contributed by atoms with Crippen LogP contribution in [0.15, 0.2) is 41.5 Å². The smallest absolute Gasteiger partial charge is 0.121 e. The third-order valence-electron chi connectivity index (χ3n) is 4.40. The molecule has 1 aliphatic rings. The Bertz CT molecular complexity index is 645. The van der Waals surface area contributed by atoms with Gasteiger partial charge < -0.3 is 14.6 Å². The maximum Gasteiger partial charge on any atom is 0.121 e. The minimum atomic E-state index is 0.110. The van der Waals surface area contributed by atoms with Crippen LogP contribution in [-0.2, 0) is 9.47 Å². The quantitative estimate of drug-likeness (QED) is 0.787. The highest BCUT2D eigenvalue weighted by molar-refractivity contribution is 5.57. The predicted octanol–water partition coefficient (Wildman–Crippen LogP) is 4.72. The average Bonchev–Trinajstić information content (AvgIpc) is 2.99. The summed E-state index contributed by atoms with van der Waals surface area (Å²) in [4.78, 5) is 0. The lowest BCUT2D eigenvalue weighted by Crippen LogP contribution is -2.13. The van der Waals surface area contributed by atoms with Gasteiger partial charge in [-0.25, -0.2) is 0 Å². The molecule has 0 saturated heterocycles. The van der Waals surface area contributed by atoms with E-state index in [2.05, 4.69) is 25.7 Å². The van der Waals surface area contributed by atoms with E-state index in [9.17, 15) is 5.11 Å². The molecular formula is C21H28O3. The van der Waals surface area contributed by atoms with Crippen LogP contribution in [-0.4, -0.2) is 31.5 Å². The van der Waals surface area contributed by atoms with Crippen LogP contribution in [0, 0.1) is 13.8 Å². The van der Waals surface area contributed by atoms with E-state index in [-0.39, 0.29) is 6.10 Å². The van der Waals surface area contributed by atoms with Gasteiger partial charge in [0.15, 0.2) is 0 Å². The first kappa shape index (κ1) is 18.5. The number of rotatable bonds is 7. The number of methoxy groups -OCH3 is 1. The zero-order valence-electron chi connectivity index (χ0n) is 15.2. The maximum absolute atomic E-state index is 9.87. The molecule has 1 heterocycles. The van der Waals surface area contributed by atoms with Crippen molar-refractivity contribution in [3.63, 3.8) is 0 Å². The fourth-order valence-corrected chi connectivity index (χ4v) is 3.13. The van der Waals surface area contributed by atoms with E-state index >= 15 is 0 Å². The van der Waals surface area contributed by atoms with Gasteiger partial charge in [0, 0.05) is 7.11 Å². The molecule has 0 amide bonds. The van der Waals surface area contributed by atoms with Crippen LogP contribution in [0.2, 0.25) is 0 Å². The molecule has 0 aliphatic carbocycles. The Morgan fingerprint density at radius 1 is 1.38 bits per heavy atom. The Morgan fingerprint density at radius 2 is 2.04 bits per heavy atom. The Labute approximate surface area is 145 Å². The van der Waals surface area contributed by atoms with Gasteiger partial charge in [-0.05, 0) is 73.6 Å². The van der Waals surface area contributed by atoms with E-state index in [1.54, 1.807) is 7.11 Å². The second kappa shape index (κ2) is 8.32. The highest BCUT2D eigenvalue weighted by Gasteiger charge is 2.21. The van der Waals surface area contributed by atoms with Crippen molar-refractivity contribution in [1.82, 2.24) is 0 Å². The molecule has 3 nitrogen and oxygen atoms in total. The van der Waals surface area contributed by atoms with Crippen LogP contribution in [0.25, 0.3) is 6.08 Å². The average molecular weight is 328 g/mol. The summed E-state index contributed by atoms with van der Waals surface area (Å²) in [7, 11) is 1.69. The van der Waals surface area contributed by atoms with Crippen LogP contribution in [0.5, 0.6) is 5.75 Å². The number of phenols is 1. The molecule has 1 aliphatic heterocycles. The van der Waals surface area contributed by atoms with Crippen molar-refractivity contribution in [3.8, 4) is 5.75 Å². The van der Waals surface area contributed by atoms with E-state index in [0.29, 0.717) is 19.0 Å². The molecule has 1 N–H and O–H groups in total. The number of ether oxygens (including phenoxy) is 2. The molecule has 24 heavy (non-hydrogen) atoms. The van der Waals surface area contributed by atoms with Gasteiger partial charge >= 0.3 is 0 Å². The lowest BCUT2D eigenvalue weighted by molar-refractivity contribution is 0.115. The van der Waals surface area contributed by atoms with Crippen molar-refractivity contribution in [3.05, 3.63) is 58.2 Å².